The molecule has 0 aromatic heterocycles. The highest BCUT2D eigenvalue weighted by Crippen LogP contribution is 2.14. The van der Waals surface area contributed by atoms with Crippen molar-refractivity contribution >= 4 is 11.7 Å². The van der Waals surface area contributed by atoms with Crippen molar-refractivity contribution in [2.75, 3.05) is 0 Å². The molecule has 0 aliphatic rings. The summed E-state index contributed by atoms with van der Waals surface area (Å²) in [6.07, 6.45) is 3.53. The van der Waals surface area contributed by atoms with E-state index in [-0.39, 0.29) is 11.3 Å². The van der Waals surface area contributed by atoms with Crippen molar-refractivity contribution in [2.24, 2.45) is 0 Å². The number of unbranched alkanes of at least 4 members (excludes halogenated alkanes) is 1. The lowest BCUT2D eigenvalue weighted by Gasteiger charge is -2.12. The van der Waals surface area contributed by atoms with Crippen molar-refractivity contribution < 1.29 is 14.5 Å². The van der Waals surface area contributed by atoms with Crippen LogP contribution in [-0.4, -0.2) is 17.0 Å². The Kier molecular flexibility index (Phi) is 8.73. The topological polar surface area (TPSA) is 69.4 Å². The number of nitro benzene ring substituents is 1. The summed E-state index contributed by atoms with van der Waals surface area (Å²) in [7, 11) is 0. The molecule has 0 fully saturated rings. The van der Waals surface area contributed by atoms with Crippen LogP contribution >= 0.6 is 0 Å². The molecule has 5 heteroatoms. The van der Waals surface area contributed by atoms with Crippen LogP contribution in [0.5, 0.6) is 0 Å². The molecule has 0 amide bonds. The Bertz CT molecular complexity index is 957. The molecule has 0 saturated heterocycles. The van der Waals surface area contributed by atoms with Crippen LogP contribution in [0.2, 0.25) is 0 Å². The van der Waals surface area contributed by atoms with Crippen molar-refractivity contribution in [3.63, 3.8) is 0 Å². The van der Waals surface area contributed by atoms with Gasteiger partial charge < -0.3 is 4.74 Å². The summed E-state index contributed by atoms with van der Waals surface area (Å²) < 4.78 is 5.48. The molecule has 2 aromatic rings. The van der Waals surface area contributed by atoms with Gasteiger partial charge in [0.25, 0.3) is 5.69 Å². The second-order valence-electron chi connectivity index (χ2n) is 6.07. The van der Waals surface area contributed by atoms with Crippen LogP contribution in [-0.2, 0) is 4.74 Å². The Hall–Kier alpha value is -3.83. The van der Waals surface area contributed by atoms with Crippen LogP contribution in [0.1, 0.15) is 41.6 Å². The Balaban J connectivity index is 1.94. The number of nitrogens with zero attached hydrogens (tertiary/aromatic N) is 1. The Morgan fingerprint density at radius 1 is 1.14 bits per heavy atom. The highest BCUT2D eigenvalue weighted by molar-refractivity contribution is 5.89. The van der Waals surface area contributed by atoms with E-state index in [1.165, 1.54) is 24.3 Å². The van der Waals surface area contributed by atoms with E-state index in [9.17, 15) is 14.9 Å². The SMILES string of the molecule is C=CCC#CC(CCCC#Cc1ccccc1)OC(=O)c1ccc([N+](=O)[O-])cc1. The molecule has 0 aliphatic heterocycles. The van der Waals surface area contributed by atoms with Gasteiger partial charge in [-0.25, -0.2) is 4.79 Å². The van der Waals surface area contributed by atoms with E-state index in [0.29, 0.717) is 19.3 Å². The van der Waals surface area contributed by atoms with E-state index in [0.717, 1.165) is 12.0 Å². The summed E-state index contributed by atoms with van der Waals surface area (Å²) in [5.74, 6) is 11.5. The lowest BCUT2D eigenvalue weighted by molar-refractivity contribution is -0.384. The molecule has 29 heavy (non-hydrogen) atoms. The standard InChI is InChI=1S/C24H21NO4/c1-2-3-6-14-23(15-10-5-9-13-20-11-7-4-8-12-20)29-24(26)21-16-18-22(19-17-21)25(27)28/h2,4,7-8,11-12,16-19,23H,1,3,5,10,15H2. The fraction of sp³-hybridized carbons (Fsp3) is 0.208. The summed E-state index contributed by atoms with van der Waals surface area (Å²) in [5.41, 5.74) is 1.12. The molecule has 0 radical (unpaired) electrons. The monoisotopic (exact) mass is 387 g/mol. The highest BCUT2D eigenvalue weighted by Gasteiger charge is 2.15. The molecule has 1 unspecified atom stereocenters. The van der Waals surface area contributed by atoms with E-state index in [4.69, 9.17) is 4.74 Å². The minimum atomic E-state index is -0.573. The van der Waals surface area contributed by atoms with Gasteiger partial charge in [-0.15, -0.1) is 6.58 Å². The number of carbonyl (C=O) groups is 1. The lowest BCUT2D eigenvalue weighted by atomic mass is 10.1. The number of esters is 1. The predicted molar refractivity (Wildman–Crippen MR) is 112 cm³/mol. The van der Waals surface area contributed by atoms with Gasteiger partial charge in [0.2, 0.25) is 0 Å². The molecule has 5 nitrogen and oxygen atoms in total. The molecule has 0 saturated carbocycles. The number of nitro groups is 1. The Morgan fingerprint density at radius 3 is 2.52 bits per heavy atom. The predicted octanol–water partition coefficient (Wildman–Crippen LogP) is 4.92. The number of rotatable bonds is 7. The number of hydrogen-bond donors (Lipinski definition) is 0. The molecular weight excluding hydrogens is 366 g/mol. The van der Waals surface area contributed by atoms with Gasteiger partial charge in [0.1, 0.15) is 0 Å². The molecule has 0 bridgehead atoms. The van der Waals surface area contributed by atoms with Crippen molar-refractivity contribution in [1.82, 2.24) is 0 Å². The van der Waals surface area contributed by atoms with E-state index in [2.05, 4.69) is 30.3 Å². The maximum atomic E-state index is 12.3. The molecule has 2 aromatic carbocycles. The van der Waals surface area contributed by atoms with Crippen LogP contribution in [0.15, 0.2) is 67.3 Å². The van der Waals surface area contributed by atoms with E-state index >= 15 is 0 Å². The first-order valence-corrected chi connectivity index (χ1v) is 9.19. The quantitative estimate of drug-likeness (QED) is 0.169. The first-order chi connectivity index (χ1) is 14.1. The zero-order valence-electron chi connectivity index (χ0n) is 16.0. The van der Waals surface area contributed by atoms with Crippen LogP contribution in [0, 0.1) is 33.8 Å². The third-order valence-corrected chi connectivity index (χ3v) is 3.85. The van der Waals surface area contributed by atoms with Gasteiger partial charge in [-0.3, -0.25) is 10.1 Å². The Labute approximate surface area is 170 Å². The Morgan fingerprint density at radius 2 is 1.86 bits per heavy atom. The molecule has 0 aliphatic carbocycles. The number of hydrogen-bond acceptors (Lipinski definition) is 4. The second kappa shape index (κ2) is 11.8. The summed E-state index contributed by atoms with van der Waals surface area (Å²) in [5, 5.41) is 10.7. The third-order valence-electron chi connectivity index (χ3n) is 3.85. The normalized spacial score (nSPS) is 10.5. The molecule has 0 N–H and O–H groups in total. The van der Waals surface area contributed by atoms with Gasteiger partial charge in [0, 0.05) is 30.5 Å². The number of ether oxygens (including phenoxy) is 1. The summed E-state index contributed by atoms with van der Waals surface area (Å²) >= 11 is 0. The average Bonchev–Trinajstić information content (AvgIpc) is 2.74. The van der Waals surface area contributed by atoms with E-state index in [1.807, 2.05) is 30.3 Å². The lowest BCUT2D eigenvalue weighted by Crippen LogP contribution is -2.17. The van der Waals surface area contributed by atoms with Crippen molar-refractivity contribution in [3.05, 3.63) is 88.5 Å². The maximum Gasteiger partial charge on any atom is 0.339 e. The van der Waals surface area contributed by atoms with Crippen molar-refractivity contribution in [1.29, 1.82) is 0 Å². The van der Waals surface area contributed by atoms with Crippen LogP contribution in [0.4, 0.5) is 5.69 Å². The largest absolute Gasteiger partial charge is 0.446 e. The number of allylic oxidation sites excluding steroid dienone is 1. The number of carbonyl (C=O) groups excluding carboxylic acids is 1. The van der Waals surface area contributed by atoms with Crippen LogP contribution < -0.4 is 0 Å². The van der Waals surface area contributed by atoms with Crippen molar-refractivity contribution in [3.8, 4) is 23.7 Å². The zero-order valence-corrected chi connectivity index (χ0v) is 16.0. The highest BCUT2D eigenvalue weighted by atomic mass is 16.6. The first kappa shape index (κ1) is 21.5. The number of benzene rings is 2. The number of non-ortho nitro benzene ring substituents is 1. The molecule has 2 rings (SSSR count). The van der Waals surface area contributed by atoms with Gasteiger partial charge in [-0.1, -0.05) is 48.0 Å². The molecule has 0 heterocycles. The van der Waals surface area contributed by atoms with E-state index < -0.39 is 17.0 Å². The molecule has 0 spiro atoms. The van der Waals surface area contributed by atoms with Gasteiger partial charge in [-0.2, -0.15) is 0 Å². The van der Waals surface area contributed by atoms with E-state index in [1.54, 1.807) is 6.08 Å². The molecular formula is C24H21NO4. The maximum absolute atomic E-state index is 12.3. The average molecular weight is 387 g/mol. The third kappa shape index (κ3) is 7.74. The van der Waals surface area contributed by atoms with Gasteiger partial charge in [0.05, 0.1) is 10.5 Å². The van der Waals surface area contributed by atoms with Gasteiger partial charge in [0.15, 0.2) is 6.10 Å². The van der Waals surface area contributed by atoms with Crippen LogP contribution in [0.25, 0.3) is 0 Å². The van der Waals surface area contributed by atoms with Crippen molar-refractivity contribution in [2.45, 2.75) is 31.8 Å². The van der Waals surface area contributed by atoms with Crippen LogP contribution in [0.3, 0.4) is 0 Å². The summed E-state index contributed by atoms with van der Waals surface area (Å²) in [6, 6.07) is 15.0. The summed E-state index contributed by atoms with van der Waals surface area (Å²) in [6.45, 7) is 3.62. The summed E-state index contributed by atoms with van der Waals surface area (Å²) in [4.78, 5) is 22.5. The zero-order chi connectivity index (χ0) is 20.9. The van der Waals surface area contributed by atoms with Gasteiger partial charge in [-0.05, 0) is 37.1 Å². The molecule has 146 valence electrons. The minimum Gasteiger partial charge on any atom is -0.446 e. The second-order valence-corrected chi connectivity index (χ2v) is 6.07. The van der Waals surface area contributed by atoms with Gasteiger partial charge >= 0.3 is 5.97 Å². The fourth-order valence-corrected chi connectivity index (χ4v) is 2.38. The fourth-order valence-electron chi connectivity index (χ4n) is 2.38. The first-order valence-electron chi connectivity index (χ1n) is 9.19. The molecule has 1 atom stereocenters. The minimum absolute atomic E-state index is 0.0825. The smallest absolute Gasteiger partial charge is 0.339 e.